The van der Waals surface area contributed by atoms with Crippen molar-refractivity contribution in [2.24, 2.45) is 0 Å². The molecule has 1 aliphatic rings. The molecule has 3 aromatic rings. The molecule has 0 fully saturated rings. The Kier molecular flexibility index (Phi) is 5.01. The summed E-state index contributed by atoms with van der Waals surface area (Å²) in [5.41, 5.74) is 1.27. The van der Waals surface area contributed by atoms with E-state index >= 15 is 0 Å². The topological polar surface area (TPSA) is 85.0 Å². The Morgan fingerprint density at radius 3 is 3.08 bits per heavy atom. The number of amides is 2. The molecule has 0 aliphatic heterocycles. The van der Waals surface area contributed by atoms with Crippen molar-refractivity contribution >= 4 is 23.2 Å². The van der Waals surface area contributed by atoms with E-state index < -0.39 is 0 Å². The first-order chi connectivity index (χ1) is 12.8. The minimum absolute atomic E-state index is 0.243. The van der Waals surface area contributed by atoms with Crippen molar-refractivity contribution in [3.63, 3.8) is 0 Å². The summed E-state index contributed by atoms with van der Waals surface area (Å²) < 4.78 is 7.01. The van der Waals surface area contributed by atoms with Gasteiger partial charge in [0.15, 0.2) is 0 Å². The van der Waals surface area contributed by atoms with Gasteiger partial charge in [0.25, 0.3) is 0 Å². The van der Waals surface area contributed by atoms with Gasteiger partial charge in [0.05, 0.1) is 23.2 Å². The van der Waals surface area contributed by atoms with E-state index in [0.717, 1.165) is 30.0 Å². The molecule has 26 heavy (non-hydrogen) atoms. The molecule has 2 N–H and O–H groups in total. The van der Waals surface area contributed by atoms with Crippen molar-refractivity contribution in [2.45, 2.75) is 38.6 Å². The van der Waals surface area contributed by atoms with Crippen LogP contribution in [0.5, 0.6) is 0 Å². The third-order valence-electron chi connectivity index (χ3n) is 4.36. The maximum atomic E-state index is 12.1. The number of furan rings is 1. The summed E-state index contributed by atoms with van der Waals surface area (Å²) in [5, 5.41) is 11.0. The molecule has 136 valence electrons. The van der Waals surface area contributed by atoms with Crippen LogP contribution in [-0.4, -0.2) is 27.3 Å². The van der Waals surface area contributed by atoms with Crippen LogP contribution in [0.1, 0.15) is 34.2 Å². The van der Waals surface area contributed by atoms with Crippen molar-refractivity contribution in [1.29, 1.82) is 0 Å². The highest BCUT2D eigenvalue weighted by atomic mass is 32.1. The summed E-state index contributed by atoms with van der Waals surface area (Å²) in [6, 6.07) is 5.22. The third-order valence-corrected chi connectivity index (χ3v) is 5.58. The summed E-state index contributed by atoms with van der Waals surface area (Å²) in [4.78, 5) is 18.3. The number of hydrogen-bond donors (Lipinski definition) is 2. The van der Waals surface area contributed by atoms with Crippen LogP contribution in [0.2, 0.25) is 0 Å². The van der Waals surface area contributed by atoms with Gasteiger partial charge in [-0.2, -0.15) is 5.10 Å². The average Bonchev–Trinajstić information content (AvgIpc) is 3.37. The fraction of sp³-hybridized carbons (Fsp3) is 0.389. The Morgan fingerprint density at radius 1 is 1.31 bits per heavy atom. The highest BCUT2D eigenvalue weighted by Crippen LogP contribution is 2.26. The minimum Gasteiger partial charge on any atom is -0.467 e. The maximum absolute atomic E-state index is 12.1. The number of hydrogen-bond acceptors (Lipinski definition) is 5. The summed E-state index contributed by atoms with van der Waals surface area (Å²) >= 11 is 1.79. The van der Waals surface area contributed by atoms with E-state index in [-0.39, 0.29) is 6.03 Å². The number of fused-ring (bicyclic) bond motifs is 1. The molecule has 0 unspecified atom stereocenters. The molecule has 0 aromatic carbocycles. The molecule has 0 spiro atoms. The monoisotopic (exact) mass is 371 g/mol. The van der Waals surface area contributed by atoms with Crippen LogP contribution in [0.15, 0.2) is 35.1 Å². The highest BCUT2D eigenvalue weighted by molar-refractivity contribution is 7.11. The Bertz CT molecular complexity index is 845. The fourth-order valence-electron chi connectivity index (χ4n) is 3.07. The van der Waals surface area contributed by atoms with Gasteiger partial charge in [0.1, 0.15) is 18.1 Å². The van der Waals surface area contributed by atoms with Crippen molar-refractivity contribution in [3.8, 4) is 0 Å². The number of carbonyl (C=O) groups excluding carboxylic acids is 1. The number of anilines is 1. The predicted octanol–water partition coefficient (Wildman–Crippen LogP) is 3.22. The predicted molar refractivity (Wildman–Crippen MR) is 99.5 cm³/mol. The molecular formula is C18H21N5O2S. The standard InChI is InChI=1S/C18H21N5O2S/c24-18(19-9-8-17-21-14-5-1-2-6-15(14)26-17)22-16-7-10-20-23(16)12-13-4-3-11-25-13/h3-4,7,10-11H,1-2,5-6,8-9,12H2,(H2,19,22,24). The normalized spacial score (nSPS) is 13.4. The summed E-state index contributed by atoms with van der Waals surface area (Å²) in [5.74, 6) is 1.41. The first kappa shape index (κ1) is 16.8. The Labute approximate surface area is 155 Å². The molecule has 8 heteroatoms. The Balaban J connectivity index is 1.27. The van der Waals surface area contributed by atoms with E-state index in [0.29, 0.717) is 18.9 Å². The second-order valence-electron chi connectivity index (χ2n) is 6.27. The van der Waals surface area contributed by atoms with Gasteiger partial charge in [-0.15, -0.1) is 11.3 Å². The van der Waals surface area contributed by atoms with Gasteiger partial charge in [0.2, 0.25) is 0 Å². The van der Waals surface area contributed by atoms with Crippen molar-refractivity contribution in [1.82, 2.24) is 20.1 Å². The summed E-state index contributed by atoms with van der Waals surface area (Å²) in [6.07, 6.45) is 8.79. The zero-order valence-corrected chi connectivity index (χ0v) is 15.2. The number of nitrogens with zero attached hydrogens (tertiary/aromatic N) is 3. The summed E-state index contributed by atoms with van der Waals surface area (Å²) in [6.45, 7) is 1.03. The van der Waals surface area contributed by atoms with Gasteiger partial charge in [0, 0.05) is 23.9 Å². The number of thiazole rings is 1. The molecule has 0 atom stereocenters. The lowest BCUT2D eigenvalue weighted by molar-refractivity contribution is 0.252. The van der Waals surface area contributed by atoms with Crippen molar-refractivity contribution in [3.05, 3.63) is 52.0 Å². The molecule has 3 aromatic heterocycles. The second-order valence-corrected chi connectivity index (χ2v) is 7.44. The Hall–Kier alpha value is -2.61. The number of aromatic nitrogens is 3. The highest BCUT2D eigenvalue weighted by Gasteiger charge is 2.15. The molecule has 7 nitrogen and oxygen atoms in total. The molecule has 3 heterocycles. The van der Waals surface area contributed by atoms with Gasteiger partial charge in [-0.05, 0) is 37.8 Å². The number of rotatable bonds is 6. The number of aryl methyl sites for hydroxylation is 2. The average molecular weight is 371 g/mol. The lowest BCUT2D eigenvalue weighted by Gasteiger charge is -2.09. The van der Waals surface area contributed by atoms with E-state index in [1.807, 2.05) is 12.1 Å². The fourth-order valence-corrected chi connectivity index (χ4v) is 4.23. The van der Waals surface area contributed by atoms with Crippen molar-refractivity contribution < 1.29 is 9.21 Å². The third kappa shape index (κ3) is 3.96. The first-order valence-electron chi connectivity index (χ1n) is 8.84. The van der Waals surface area contributed by atoms with Crippen LogP contribution in [0.4, 0.5) is 10.6 Å². The smallest absolute Gasteiger partial charge is 0.320 e. The lowest BCUT2D eigenvalue weighted by Crippen LogP contribution is -2.31. The largest absolute Gasteiger partial charge is 0.467 e. The first-order valence-corrected chi connectivity index (χ1v) is 9.66. The van der Waals surface area contributed by atoms with Crippen LogP contribution >= 0.6 is 11.3 Å². The molecule has 0 saturated heterocycles. The molecule has 1 aliphatic carbocycles. The quantitative estimate of drug-likeness (QED) is 0.697. The van der Waals surface area contributed by atoms with Gasteiger partial charge >= 0.3 is 6.03 Å². The van der Waals surface area contributed by atoms with Gasteiger partial charge < -0.3 is 9.73 Å². The number of nitrogens with one attached hydrogen (secondary N) is 2. The zero-order chi connectivity index (χ0) is 17.8. The Morgan fingerprint density at radius 2 is 2.23 bits per heavy atom. The molecule has 2 amide bonds. The molecule has 0 radical (unpaired) electrons. The minimum atomic E-state index is -0.243. The van der Waals surface area contributed by atoms with E-state index in [1.165, 1.54) is 23.4 Å². The van der Waals surface area contributed by atoms with Crippen LogP contribution in [0, 0.1) is 0 Å². The van der Waals surface area contributed by atoms with Crippen molar-refractivity contribution in [2.75, 3.05) is 11.9 Å². The molecule has 4 rings (SSSR count). The second kappa shape index (κ2) is 7.74. The zero-order valence-electron chi connectivity index (χ0n) is 14.4. The number of carbonyl (C=O) groups is 1. The van der Waals surface area contributed by atoms with Gasteiger partial charge in [-0.25, -0.2) is 14.5 Å². The maximum Gasteiger partial charge on any atom is 0.320 e. The van der Waals surface area contributed by atoms with Gasteiger partial charge in [-0.3, -0.25) is 5.32 Å². The number of urea groups is 1. The molecule has 0 bridgehead atoms. The van der Waals surface area contributed by atoms with E-state index in [1.54, 1.807) is 34.5 Å². The SMILES string of the molecule is O=C(NCCc1nc2c(s1)CCCC2)Nc1ccnn1Cc1ccco1. The molecular weight excluding hydrogens is 350 g/mol. The van der Waals surface area contributed by atoms with E-state index in [2.05, 4.69) is 15.7 Å². The lowest BCUT2D eigenvalue weighted by atomic mass is 10.0. The van der Waals surface area contributed by atoms with Crippen LogP contribution in [0.3, 0.4) is 0 Å². The molecule has 0 saturated carbocycles. The van der Waals surface area contributed by atoms with Crippen LogP contribution in [-0.2, 0) is 25.8 Å². The van der Waals surface area contributed by atoms with Crippen LogP contribution < -0.4 is 10.6 Å². The van der Waals surface area contributed by atoms with Gasteiger partial charge in [-0.1, -0.05) is 0 Å². The summed E-state index contributed by atoms with van der Waals surface area (Å²) in [7, 11) is 0. The van der Waals surface area contributed by atoms with E-state index in [9.17, 15) is 4.79 Å². The van der Waals surface area contributed by atoms with E-state index in [4.69, 9.17) is 9.40 Å². The van der Waals surface area contributed by atoms with Crippen LogP contribution in [0.25, 0.3) is 0 Å².